The van der Waals surface area contributed by atoms with Crippen molar-refractivity contribution in [1.29, 1.82) is 5.26 Å². The second-order valence-corrected chi connectivity index (χ2v) is 6.71. The fourth-order valence-electron chi connectivity index (χ4n) is 3.15. The molecule has 0 aliphatic carbocycles. The highest BCUT2D eigenvalue weighted by Gasteiger charge is 2.31. The van der Waals surface area contributed by atoms with Gasteiger partial charge in [-0.1, -0.05) is 18.2 Å². The Labute approximate surface area is 175 Å². The molecule has 0 unspecified atom stereocenters. The molecule has 31 heavy (non-hydrogen) atoms. The van der Waals surface area contributed by atoms with Gasteiger partial charge in [-0.15, -0.1) is 13.2 Å². The number of rotatable bonds is 4. The van der Waals surface area contributed by atoms with E-state index in [4.69, 9.17) is 21.0 Å². The first-order chi connectivity index (χ1) is 14.9. The molecule has 0 aliphatic rings. The molecule has 0 saturated heterocycles. The number of halogens is 3. The van der Waals surface area contributed by atoms with Crippen molar-refractivity contribution in [3.63, 3.8) is 0 Å². The van der Waals surface area contributed by atoms with Crippen LogP contribution in [0.15, 0.2) is 66.7 Å². The van der Waals surface area contributed by atoms with Crippen molar-refractivity contribution in [2.45, 2.75) is 12.9 Å². The first kappa shape index (κ1) is 20.3. The van der Waals surface area contributed by atoms with Gasteiger partial charge in [0.15, 0.2) is 0 Å². The Hall–Kier alpha value is -3.96. The number of ether oxygens (including phenoxy) is 1. The molecule has 4 aromatic rings. The summed E-state index contributed by atoms with van der Waals surface area (Å²) in [6.07, 6.45) is -4.77. The summed E-state index contributed by atoms with van der Waals surface area (Å²) in [5.74, 6) is -0.322. The zero-order chi connectivity index (χ0) is 22.0. The number of hydrogen-bond acceptors (Lipinski definition) is 5. The predicted octanol–water partition coefficient (Wildman–Crippen LogP) is 5.19. The molecule has 8 heteroatoms. The molecule has 2 N–H and O–H groups in total. The van der Waals surface area contributed by atoms with E-state index in [9.17, 15) is 13.2 Å². The van der Waals surface area contributed by atoms with Crippen LogP contribution in [0.25, 0.3) is 33.5 Å². The van der Waals surface area contributed by atoms with Crippen LogP contribution in [-0.2, 0) is 6.54 Å². The summed E-state index contributed by atoms with van der Waals surface area (Å²) in [7, 11) is 0. The van der Waals surface area contributed by atoms with Gasteiger partial charge in [-0.3, -0.25) is 0 Å². The van der Waals surface area contributed by atoms with Crippen LogP contribution in [-0.4, -0.2) is 16.3 Å². The van der Waals surface area contributed by atoms with E-state index >= 15 is 0 Å². The molecule has 0 atom stereocenters. The largest absolute Gasteiger partial charge is 0.573 e. The van der Waals surface area contributed by atoms with E-state index in [0.29, 0.717) is 40.1 Å². The van der Waals surface area contributed by atoms with E-state index < -0.39 is 6.36 Å². The van der Waals surface area contributed by atoms with Gasteiger partial charge in [0.05, 0.1) is 34.1 Å². The monoisotopic (exact) mass is 420 g/mol. The number of alkyl halides is 3. The standard InChI is InChI=1S/C23H15F3N4O/c24-23(25,26)31-18-8-6-17(7-9-18)21-22(16-4-1-14(12-27)2-5-16)30-20-11-15(13-28)3-10-19(20)29-21/h1-11H,13,28H2. The van der Waals surface area contributed by atoms with Gasteiger partial charge in [0.1, 0.15) is 5.75 Å². The van der Waals surface area contributed by atoms with Crippen LogP contribution in [0.2, 0.25) is 0 Å². The van der Waals surface area contributed by atoms with Gasteiger partial charge in [-0.05, 0) is 54.1 Å². The third-order valence-corrected chi connectivity index (χ3v) is 4.61. The third-order valence-electron chi connectivity index (χ3n) is 4.61. The molecule has 154 valence electrons. The Morgan fingerprint density at radius 3 is 1.97 bits per heavy atom. The van der Waals surface area contributed by atoms with E-state index in [2.05, 4.69) is 10.8 Å². The summed E-state index contributed by atoms with van der Waals surface area (Å²) in [5, 5.41) is 9.06. The van der Waals surface area contributed by atoms with Crippen LogP contribution in [0.5, 0.6) is 5.75 Å². The predicted molar refractivity (Wildman–Crippen MR) is 110 cm³/mol. The molecule has 5 nitrogen and oxygen atoms in total. The van der Waals surface area contributed by atoms with Crippen molar-refractivity contribution in [3.05, 3.63) is 77.9 Å². The first-order valence-electron chi connectivity index (χ1n) is 9.24. The zero-order valence-electron chi connectivity index (χ0n) is 16.0. The summed E-state index contributed by atoms with van der Waals surface area (Å²) < 4.78 is 41.4. The van der Waals surface area contributed by atoms with Gasteiger partial charge in [-0.25, -0.2) is 9.97 Å². The normalized spacial score (nSPS) is 11.3. The van der Waals surface area contributed by atoms with Crippen LogP contribution < -0.4 is 10.5 Å². The molecule has 1 aromatic heterocycles. The highest BCUT2D eigenvalue weighted by Crippen LogP contribution is 2.33. The van der Waals surface area contributed by atoms with E-state index in [1.165, 1.54) is 24.3 Å². The number of benzene rings is 3. The van der Waals surface area contributed by atoms with Crippen LogP contribution >= 0.6 is 0 Å². The fraction of sp³-hybridized carbons (Fsp3) is 0.0870. The summed E-state index contributed by atoms with van der Waals surface area (Å²) in [6.45, 7) is 0.353. The molecule has 1 heterocycles. The van der Waals surface area contributed by atoms with Gasteiger partial charge in [0.2, 0.25) is 0 Å². The van der Waals surface area contributed by atoms with Gasteiger partial charge in [0.25, 0.3) is 0 Å². The number of hydrogen-bond donors (Lipinski definition) is 1. The minimum Gasteiger partial charge on any atom is -0.406 e. The minimum absolute atomic E-state index is 0.322. The van der Waals surface area contributed by atoms with Gasteiger partial charge >= 0.3 is 6.36 Å². The summed E-state index contributed by atoms with van der Waals surface area (Å²) in [4.78, 5) is 9.47. The quantitative estimate of drug-likeness (QED) is 0.491. The maximum Gasteiger partial charge on any atom is 0.573 e. The lowest BCUT2D eigenvalue weighted by Gasteiger charge is -2.13. The molecule has 0 spiro atoms. The van der Waals surface area contributed by atoms with Gasteiger partial charge in [0, 0.05) is 17.7 Å². The lowest BCUT2D eigenvalue weighted by atomic mass is 10.0. The van der Waals surface area contributed by atoms with Gasteiger partial charge < -0.3 is 10.5 Å². The van der Waals surface area contributed by atoms with Crippen LogP contribution in [0, 0.1) is 11.3 Å². The van der Waals surface area contributed by atoms with Crippen molar-refractivity contribution < 1.29 is 17.9 Å². The molecule has 0 saturated carbocycles. The zero-order valence-corrected chi connectivity index (χ0v) is 16.0. The average Bonchev–Trinajstić information content (AvgIpc) is 2.77. The second-order valence-electron chi connectivity index (χ2n) is 6.71. The maximum atomic E-state index is 12.5. The second kappa shape index (κ2) is 8.05. The molecular weight excluding hydrogens is 405 g/mol. The number of aromatic nitrogens is 2. The molecule has 0 bridgehead atoms. The fourth-order valence-corrected chi connectivity index (χ4v) is 3.15. The van der Waals surface area contributed by atoms with E-state index in [1.54, 1.807) is 30.3 Å². The lowest BCUT2D eigenvalue weighted by molar-refractivity contribution is -0.274. The van der Waals surface area contributed by atoms with Crippen molar-refractivity contribution in [3.8, 4) is 34.3 Å². The maximum absolute atomic E-state index is 12.5. The smallest absolute Gasteiger partial charge is 0.406 e. The average molecular weight is 420 g/mol. The number of fused-ring (bicyclic) bond motifs is 1. The van der Waals surface area contributed by atoms with Crippen LogP contribution in [0.3, 0.4) is 0 Å². The first-order valence-corrected chi connectivity index (χ1v) is 9.24. The van der Waals surface area contributed by atoms with Gasteiger partial charge in [-0.2, -0.15) is 5.26 Å². The van der Waals surface area contributed by atoms with E-state index in [1.807, 2.05) is 12.1 Å². The molecule has 4 rings (SSSR count). The molecule has 0 aliphatic heterocycles. The molecule has 0 radical (unpaired) electrons. The Morgan fingerprint density at radius 1 is 0.839 bits per heavy atom. The topological polar surface area (TPSA) is 84.8 Å². The molecule has 3 aromatic carbocycles. The Kier molecular flexibility index (Phi) is 5.28. The minimum atomic E-state index is -4.77. The van der Waals surface area contributed by atoms with E-state index in [0.717, 1.165) is 11.1 Å². The van der Waals surface area contributed by atoms with Crippen molar-refractivity contribution >= 4 is 11.0 Å². The highest BCUT2D eigenvalue weighted by atomic mass is 19.4. The Morgan fingerprint density at radius 2 is 1.42 bits per heavy atom. The lowest BCUT2D eigenvalue weighted by Crippen LogP contribution is -2.16. The summed E-state index contributed by atoms with van der Waals surface area (Å²) in [6, 6.07) is 19.9. The highest BCUT2D eigenvalue weighted by molar-refractivity contribution is 5.86. The number of nitriles is 1. The summed E-state index contributed by atoms with van der Waals surface area (Å²) >= 11 is 0. The molecule has 0 amide bonds. The Bertz CT molecular complexity index is 1280. The van der Waals surface area contributed by atoms with Crippen LogP contribution in [0.1, 0.15) is 11.1 Å². The van der Waals surface area contributed by atoms with E-state index in [-0.39, 0.29) is 5.75 Å². The van der Waals surface area contributed by atoms with Crippen molar-refractivity contribution in [2.75, 3.05) is 0 Å². The third kappa shape index (κ3) is 4.47. The molecule has 0 fully saturated rings. The number of nitrogens with two attached hydrogens (primary N) is 1. The Balaban J connectivity index is 1.86. The van der Waals surface area contributed by atoms with Crippen LogP contribution in [0.4, 0.5) is 13.2 Å². The van der Waals surface area contributed by atoms with Crippen molar-refractivity contribution in [1.82, 2.24) is 9.97 Å². The summed E-state index contributed by atoms with van der Waals surface area (Å²) in [5.41, 5.74) is 10.7. The SMILES string of the molecule is N#Cc1ccc(-c2nc3cc(CN)ccc3nc2-c2ccc(OC(F)(F)F)cc2)cc1. The molecular formula is C23H15F3N4O. The number of nitrogens with zero attached hydrogens (tertiary/aromatic N) is 3. The van der Waals surface area contributed by atoms with Crippen molar-refractivity contribution in [2.24, 2.45) is 5.73 Å².